The lowest BCUT2D eigenvalue weighted by Crippen LogP contribution is -2.46. The predicted molar refractivity (Wildman–Crippen MR) is 229 cm³/mol. The molecular formula is C49H58N4O4. The van der Waals surface area contributed by atoms with Crippen molar-refractivity contribution in [1.82, 2.24) is 9.80 Å². The van der Waals surface area contributed by atoms with Crippen LogP contribution in [0.1, 0.15) is 134 Å². The molecule has 3 fully saturated rings. The van der Waals surface area contributed by atoms with E-state index < -0.39 is 11.2 Å². The van der Waals surface area contributed by atoms with Crippen molar-refractivity contribution in [3.05, 3.63) is 83.1 Å². The van der Waals surface area contributed by atoms with Crippen LogP contribution < -0.4 is 0 Å². The second-order valence-corrected chi connectivity index (χ2v) is 19.7. The number of allylic oxidation sites excluding steroid dienone is 1. The van der Waals surface area contributed by atoms with E-state index in [4.69, 9.17) is 19.5 Å². The van der Waals surface area contributed by atoms with Gasteiger partial charge >= 0.3 is 12.2 Å². The van der Waals surface area contributed by atoms with E-state index in [0.29, 0.717) is 24.3 Å². The first-order valence-corrected chi connectivity index (χ1v) is 21.3. The van der Waals surface area contributed by atoms with Crippen molar-refractivity contribution in [2.45, 2.75) is 148 Å². The molecule has 298 valence electrons. The van der Waals surface area contributed by atoms with Crippen molar-refractivity contribution in [3.63, 3.8) is 0 Å². The van der Waals surface area contributed by atoms with Crippen molar-refractivity contribution in [1.29, 1.82) is 0 Å². The summed E-state index contributed by atoms with van der Waals surface area (Å²) >= 11 is 0. The van der Waals surface area contributed by atoms with Gasteiger partial charge in [0.25, 0.3) is 0 Å². The summed E-state index contributed by atoms with van der Waals surface area (Å²) in [5, 5.41) is 0. The summed E-state index contributed by atoms with van der Waals surface area (Å²) in [6, 6.07) is 20.7. The normalized spacial score (nSPS) is 26.4. The molecule has 2 unspecified atom stereocenters. The number of carbonyl (C=O) groups excluding carboxylic acids is 2. The summed E-state index contributed by atoms with van der Waals surface area (Å²) < 4.78 is 11.6. The summed E-state index contributed by atoms with van der Waals surface area (Å²) in [6.07, 6.45) is 9.57. The van der Waals surface area contributed by atoms with Crippen molar-refractivity contribution < 1.29 is 19.1 Å². The molecule has 3 aromatic rings. The molecule has 8 heteroatoms. The number of likely N-dealkylation sites (tertiary alicyclic amines) is 2. The van der Waals surface area contributed by atoms with Crippen molar-refractivity contribution in [2.24, 2.45) is 15.9 Å². The van der Waals surface area contributed by atoms with E-state index in [1.165, 1.54) is 58.2 Å². The molecule has 8 nitrogen and oxygen atoms in total. The third-order valence-corrected chi connectivity index (χ3v) is 13.1. The number of nitrogens with zero attached hydrogens (tertiary/aromatic N) is 4. The maximum Gasteiger partial charge on any atom is 0.411 e. The van der Waals surface area contributed by atoms with Gasteiger partial charge < -0.3 is 9.47 Å². The standard InChI is InChI=1S/C49H58N4O4/c1-28-21-43(52(27-28)46(54)56-48(3,4)5)41-24-35-22-32(16-19-39(35)51-41)38-18-17-37(44-33-14-15-34(23-33)45(38)44)31-12-10-30(11-13-31)36-25-40(50-26-36)42-20-9-29(2)53(42)47(55)57-49(6,7)8/h10-13,16-19,22,26,28-29,33-34,42-43H,9,14-15,20-21,23-25,27H2,1-8H3/t28-,29-,33?,34?,42-,43-/m0/s1. The number of carbonyl (C=O) groups is 2. The van der Waals surface area contributed by atoms with Crippen LogP contribution in [-0.4, -0.2) is 69.3 Å². The van der Waals surface area contributed by atoms with Crippen LogP contribution in [0.5, 0.6) is 0 Å². The Bertz CT molecular complexity index is 2220. The molecule has 0 aromatic heterocycles. The van der Waals surface area contributed by atoms with Gasteiger partial charge in [-0.25, -0.2) is 9.59 Å². The van der Waals surface area contributed by atoms with Crippen molar-refractivity contribution >= 4 is 34.9 Å². The molecule has 4 heterocycles. The topological polar surface area (TPSA) is 83.8 Å². The molecule has 6 aliphatic rings. The fraction of sp³-hybridized carbons (Fsp3) is 0.510. The number of rotatable bonds is 5. The minimum atomic E-state index is -0.530. The zero-order chi connectivity index (χ0) is 40.0. The highest BCUT2D eigenvalue weighted by Crippen LogP contribution is 2.58. The molecule has 2 saturated heterocycles. The fourth-order valence-corrected chi connectivity index (χ4v) is 10.6. The molecule has 0 N–H and O–H groups in total. The molecule has 6 atom stereocenters. The van der Waals surface area contributed by atoms with Gasteiger partial charge in [0, 0.05) is 43.1 Å². The van der Waals surface area contributed by atoms with E-state index in [9.17, 15) is 9.59 Å². The van der Waals surface area contributed by atoms with Crippen LogP contribution in [-0.2, 0) is 15.9 Å². The van der Waals surface area contributed by atoms with Gasteiger partial charge in [-0.3, -0.25) is 19.8 Å². The molecule has 2 aliphatic carbocycles. The van der Waals surface area contributed by atoms with Crippen LogP contribution in [0.3, 0.4) is 0 Å². The molecule has 57 heavy (non-hydrogen) atoms. The Kier molecular flexibility index (Phi) is 9.28. The Hall–Kier alpha value is -4.72. The molecule has 0 radical (unpaired) electrons. The monoisotopic (exact) mass is 766 g/mol. The van der Waals surface area contributed by atoms with Crippen molar-refractivity contribution in [2.75, 3.05) is 6.54 Å². The summed E-state index contributed by atoms with van der Waals surface area (Å²) in [4.78, 5) is 40.2. The van der Waals surface area contributed by atoms with Crippen molar-refractivity contribution in [3.8, 4) is 22.3 Å². The van der Waals surface area contributed by atoms with Crippen LogP contribution in [0.4, 0.5) is 15.3 Å². The highest BCUT2D eigenvalue weighted by molar-refractivity contribution is 6.03. The lowest BCUT2D eigenvalue weighted by molar-refractivity contribution is 0.0203. The average molecular weight is 767 g/mol. The van der Waals surface area contributed by atoms with E-state index in [1.807, 2.05) is 57.5 Å². The fourth-order valence-electron chi connectivity index (χ4n) is 10.6. The number of hydrogen-bond donors (Lipinski definition) is 0. The molecule has 9 rings (SSSR count). The van der Waals surface area contributed by atoms with Gasteiger partial charge in [-0.2, -0.15) is 0 Å². The van der Waals surface area contributed by atoms with Gasteiger partial charge in [0.1, 0.15) is 11.2 Å². The van der Waals surface area contributed by atoms with Gasteiger partial charge in [-0.05, 0) is 167 Å². The molecule has 2 bridgehead atoms. The third-order valence-electron chi connectivity index (χ3n) is 13.1. The van der Waals surface area contributed by atoms with Crippen LogP contribution in [0.15, 0.2) is 70.8 Å². The summed E-state index contributed by atoms with van der Waals surface area (Å²) in [7, 11) is 0. The SMILES string of the molecule is C[C@H]1C[C@@H](C2=Nc3ccc(-c4ccc(-c5ccc(C6=CN=C([C@@H]7CC[C@H](C)N7C(=O)OC(C)(C)C)C6)cc5)c5c4C4CCC5C4)cc3C2)N(C(=O)OC(C)(C)C)C1. The first-order valence-electron chi connectivity index (χ1n) is 21.3. The zero-order valence-corrected chi connectivity index (χ0v) is 35.0. The Morgan fingerprint density at radius 3 is 2.00 bits per heavy atom. The highest BCUT2D eigenvalue weighted by atomic mass is 16.6. The first kappa shape index (κ1) is 37.8. The summed E-state index contributed by atoms with van der Waals surface area (Å²) in [5.74, 6) is 1.60. The molecule has 4 aliphatic heterocycles. The third kappa shape index (κ3) is 7.12. The summed E-state index contributed by atoms with van der Waals surface area (Å²) in [6.45, 7) is 16.6. The van der Waals surface area contributed by atoms with E-state index >= 15 is 0 Å². The number of aliphatic imine (C=N–C) groups is 2. The van der Waals surface area contributed by atoms with Crippen LogP contribution in [0.2, 0.25) is 0 Å². The van der Waals surface area contributed by atoms with Gasteiger partial charge in [-0.1, -0.05) is 49.4 Å². The van der Waals surface area contributed by atoms with Gasteiger partial charge in [0.05, 0.1) is 17.8 Å². The maximum atomic E-state index is 13.2. The second kappa shape index (κ2) is 14.0. The Labute approximate surface area is 338 Å². The average Bonchev–Trinajstić information content (AvgIpc) is 4.00. The molecular weight excluding hydrogens is 709 g/mol. The number of amides is 2. The van der Waals surface area contributed by atoms with E-state index in [0.717, 1.165) is 49.2 Å². The quantitative estimate of drug-likeness (QED) is 0.259. The smallest absolute Gasteiger partial charge is 0.411 e. The van der Waals surface area contributed by atoms with Crippen LogP contribution in [0, 0.1) is 5.92 Å². The zero-order valence-electron chi connectivity index (χ0n) is 35.0. The molecule has 2 amide bonds. The Balaban J connectivity index is 0.924. The number of benzene rings is 3. The maximum absolute atomic E-state index is 13.2. The number of fused-ring (bicyclic) bond motifs is 6. The minimum absolute atomic E-state index is 0.0229. The Morgan fingerprint density at radius 2 is 1.32 bits per heavy atom. The van der Waals surface area contributed by atoms with Gasteiger partial charge in [0.2, 0.25) is 0 Å². The largest absolute Gasteiger partial charge is 0.444 e. The molecule has 1 saturated carbocycles. The van der Waals surface area contributed by atoms with Crippen LogP contribution >= 0.6 is 0 Å². The van der Waals surface area contributed by atoms with Gasteiger partial charge in [0.15, 0.2) is 0 Å². The van der Waals surface area contributed by atoms with E-state index in [2.05, 4.69) is 68.4 Å². The van der Waals surface area contributed by atoms with E-state index in [-0.39, 0.29) is 30.3 Å². The Morgan fingerprint density at radius 1 is 0.684 bits per heavy atom. The highest BCUT2D eigenvalue weighted by Gasteiger charge is 2.43. The predicted octanol–water partition coefficient (Wildman–Crippen LogP) is 11.6. The molecule has 0 spiro atoms. The van der Waals surface area contributed by atoms with E-state index in [1.54, 1.807) is 11.1 Å². The molecule has 3 aromatic carbocycles. The number of hydrogen-bond acceptors (Lipinski definition) is 6. The van der Waals surface area contributed by atoms with Crippen LogP contribution in [0.25, 0.3) is 27.8 Å². The van der Waals surface area contributed by atoms with Gasteiger partial charge in [-0.15, -0.1) is 0 Å². The minimum Gasteiger partial charge on any atom is -0.444 e. The lowest BCUT2D eigenvalue weighted by atomic mass is 9.81. The first-order chi connectivity index (χ1) is 27.1. The lowest BCUT2D eigenvalue weighted by Gasteiger charge is -2.31. The number of ether oxygens (including phenoxy) is 2. The second-order valence-electron chi connectivity index (χ2n) is 19.7. The summed E-state index contributed by atoms with van der Waals surface area (Å²) in [5.41, 5.74) is 14.1.